The molecule has 0 saturated heterocycles. The SMILES string of the molecule is CC(C)c1ccc2oc3nc(N)c(C4=NCN=N4)cc3c(=O)c2c1. The van der Waals surface area contributed by atoms with Gasteiger partial charge in [0.15, 0.2) is 12.5 Å². The zero-order valence-corrected chi connectivity index (χ0v) is 13.3. The van der Waals surface area contributed by atoms with Gasteiger partial charge in [-0.15, -0.1) is 5.11 Å². The summed E-state index contributed by atoms with van der Waals surface area (Å²) in [5.74, 6) is 0.915. The Morgan fingerprint density at radius 2 is 2.04 bits per heavy atom. The van der Waals surface area contributed by atoms with Crippen LogP contribution in [0.25, 0.3) is 22.1 Å². The lowest BCUT2D eigenvalue weighted by Crippen LogP contribution is -2.09. The Morgan fingerprint density at radius 1 is 1.21 bits per heavy atom. The lowest BCUT2D eigenvalue weighted by atomic mass is 10.0. The maximum atomic E-state index is 12.9. The number of aliphatic imine (C=N–C) groups is 1. The van der Waals surface area contributed by atoms with E-state index in [1.165, 1.54) is 0 Å². The highest BCUT2D eigenvalue weighted by Gasteiger charge is 2.17. The molecule has 2 aromatic heterocycles. The summed E-state index contributed by atoms with van der Waals surface area (Å²) in [4.78, 5) is 21.3. The van der Waals surface area contributed by atoms with E-state index in [0.29, 0.717) is 33.7 Å². The molecule has 0 unspecified atom stereocenters. The molecule has 0 fully saturated rings. The van der Waals surface area contributed by atoms with E-state index < -0.39 is 0 Å². The standard InChI is InChI=1S/C17H15N5O2/c1-8(2)9-3-4-13-10(5-9)14(23)11-6-12(16-19-7-20-22-16)15(18)21-17(11)24-13/h3-6,8H,7H2,1-2H3,(H2,18,21). The number of nitrogen functional groups attached to an aromatic ring is 1. The van der Waals surface area contributed by atoms with Crippen LogP contribution in [0.3, 0.4) is 0 Å². The van der Waals surface area contributed by atoms with Gasteiger partial charge in [0, 0.05) is 0 Å². The Morgan fingerprint density at radius 3 is 2.75 bits per heavy atom. The number of nitrogens with zero attached hydrogens (tertiary/aromatic N) is 4. The first-order valence-corrected chi connectivity index (χ1v) is 7.64. The maximum absolute atomic E-state index is 12.9. The number of anilines is 1. The smallest absolute Gasteiger partial charge is 0.232 e. The molecular formula is C17H15N5O2. The summed E-state index contributed by atoms with van der Waals surface area (Å²) in [6.07, 6.45) is 0. The number of pyridine rings is 1. The van der Waals surface area contributed by atoms with Crippen LogP contribution in [0, 0.1) is 0 Å². The molecular weight excluding hydrogens is 306 g/mol. The molecule has 7 heteroatoms. The van der Waals surface area contributed by atoms with Gasteiger partial charge in [-0.2, -0.15) is 10.1 Å². The predicted octanol–water partition coefficient (Wildman–Crippen LogP) is 3.22. The topological polar surface area (TPSA) is 106 Å². The van der Waals surface area contributed by atoms with E-state index in [4.69, 9.17) is 10.2 Å². The number of fused-ring (bicyclic) bond motifs is 2. The number of benzene rings is 1. The molecule has 0 spiro atoms. The van der Waals surface area contributed by atoms with Crippen LogP contribution < -0.4 is 11.2 Å². The molecule has 0 amide bonds. The summed E-state index contributed by atoms with van der Waals surface area (Å²) in [6.45, 7) is 4.41. The van der Waals surface area contributed by atoms with Gasteiger partial charge in [-0.05, 0) is 29.7 Å². The quantitative estimate of drug-likeness (QED) is 0.731. The average molecular weight is 321 g/mol. The van der Waals surface area contributed by atoms with E-state index in [2.05, 4.69) is 34.1 Å². The van der Waals surface area contributed by atoms with Crippen molar-refractivity contribution in [3.8, 4) is 0 Å². The zero-order valence-electron chi connectivity index (χ0n) is 13.3. The van der Waals surface area contributed by atoms with Crippen LogP contribution in [0.15, 0.2) is 48.7 Å². The summed E-state index contributed by atoms with van der Waals surface area (Å²) in [6, 6.07) is 7.25. The molecule has 3 aromatic rings. The number of rotatable bonds is 2. The Balaban J connectivity index is 2.04. The van der Waals surface area contributed by atoms with Crippen molar-refractivity contribution in [1.29, 1.82) is 0 Å². The zero-order chi connectivity index (χ0) is 16.8. The lowest BCUT2D eigenvalue weighted by Gasteiger charge is -2.08. The van der Waals surface area contributed by atoms with E-state index in [1.54, 1.807) is 12.1 Å². The molecule has 120 valence electrons. The fourth-order valence-electron chi connectivity index (χ4n) is 2.72. The summed E-state index contributed by atoms with van der Waals surface area (Å²) in [7, 11) is 0. The number of hydrogen-bond acceptors (Lipinski definition) is 7. The van der Waals surface area contributed by atoms with Crippen molar-refractivity contribution in [3.05, 3.63) is 45.6 Å². The molecule has 0 atom stereocenters. The fourth-order valence-corrected chi connectivity index (χ4v) is 2.72. The third-order valence-electron chi connectivity index (χ3n) is 4.07. The first kappa shape index (κ1) is 14.5. The molecule has 0 radical (unpaired) electrons. The molecule has 24 heavy (non-hydrogen) atoms. The summed E-state index contributed by atoms with van der Waals surface area (Å²) in [5, 5.41) is 8.61. The Labute approximate surface area is 136 Å². The number of hydrogen-bond donors (Lipinski definition) is 1. The molecule has 1 aromatic carbocycles. The maximum Gasteiger partial charge on any atom is 0.232 e. The van der Waals surface area contributed by atoms with E-state index in [0.717, 1.165) is 5.56 Å². The second-order valence-electron chi connectivity index (χ2n) is 5.98. The van der Waals surface area contributed by atoms with Crippen LogP contribution in [-0.4, -0.2) is 17.5 Å². The molecule has 3 heterocycles. The van der Waals surface area contributed by atoms with E-state index >= 15 is 0 Å². The van der Waals surface area contributed by atoms with Gasteiger partial charge in [0.1, 0.15) is 11.4 Å². The molecule has 0 aliphatic carbocycles. The highest BCUT2D eigenvalue weighted by atomic mass is 16.3. The van der Waals surface area contributed by atoms with Gasteiger partial charge < -0.3 is 10.2 Å². The lowest BCUT2D eigenvalue weighted by molar-refractivity contribution is 0.645. The summed E-state index contributed by atoms with van der Waals surface area (Å²) >= 11 is 0. The van der Waals surface area contributed by atoms with Crippen molar-refractivity contribution in [3.63, 3.8) is 0 Å². The van der Waals surface area contributed by atoms with Crippen LogP contribution in [-0.2, 0) is 0 Å². The first-order chi connectivity index (χ1) is 11.5. The predicted molar refractivity (Wildman–Crippen MR) is 92.5 cm³/mol. The van der Waals surface area contributed by atoms with Gasteiger partial charge >= 0.3 is 0 Å². The van der Waals surface area contributed by atoms with E-state index in [-0.39, 0.29) is 23.6 Å². The highest BCUT2D eigenvalue weighted by molar-refractivity contribution is 6.06. The van der Waals surface area contributed by atoms with Crippen LogP contribution in [0.2, 0.25) is 0 Å². The van der Waals surface area contributed by atoms with E-state index in [9.17, 15) is 4.79 Å². The number of amidine groups is 1. The molecule has 2 N–H and O–H groups in total. The molecule has 0 saturated carbocycles. The molecule has 0 bridgehead atoms. The van der Waals surface area contributed by atoms with Crippen molar-refractivity contribution < 1.29 is 4.42 Å². The summed E-state index contributed by atoms with van der Waals surface area (Å²) in [5.41, 5.74) is 8.10. The largest absolute Gasteiger partial charge is 0.437 e. The van der Waals surface area contributed by atoms with Gasteiger partial charge in [0.2, 0.25) is 11.1 Å². The normalized spacial score (nSPS) is 14.0. The monoisotopic (exact) mass is 321 g/mol. The fraction of sp³-hybridized carbons (Fsp3) is 0.235. The third-order valence-corrected chi connectivity index (χ3v) is 4.07. The van der Waals surface area contributed by atoms with Gasteiger partial charge in [-0.25, -0.2) is 4.99 Å². The molecule has 1 aliphatic heterocycles. The first-order valence-electron chi connectivity index (χ1n) is 7.64. The second-order valence-corrected chi connectivity index (χ2v) is 5.98. The van der Waals surface area contributed by atoms with Crippen LogP contribution >= 0.6 is 0 Å². The van der Waals surface area contributed by atoms with Crippen LogP contribution in [0.1, 0.15) is 30.9 Å². The average Bonchev–Trinajstić information content (AvgIpc) is 3.08. The molecule has 7 nitrogen and oxygen atoms in total. The minimum atomic E-state index is -0.141. The van der Waals surface area contributed by atoms with E-state index in [1.807, 2.05) is 12.1 Å². The van der Waals surface area contributed by atoms with Crippen LogP contribution in [0.4, 0.5) is 5.82 Å². The Bertz CT molecular complexity index is 1100. The number of aromatic nitrogens is 1. The van der Waals surface area contributed by atoms with Crippen LogP contribution in [0.5, 0.6) is 0 Å². The van der Waals surface area contributed by atoms with Crippen molar-refractivity contribution in [2.75, 3.05) is 12.4 Å². The van der Waals surface area contributed by atoms with Gasteiger partial charge in [0.25, 0.3) is 0 Å². The minimum absolute atomic E-state index is 0.141. The highest BCUT2D eigenvalue weighted by Crippen LogP contribution is 2.25. The van der Waals surface area contributed by atoms with Crippen molar-refractivity contribution in [1.82, 2.24) is 4.98 Å². The molecule has 1 aliphatic rings. The van der Waals surface area contributed by atoms with Gasteiger partial charge in [0.05, 0.1) is 16.3 Å². The minimum Gasteiger partial charge on any atom is -0.437 e. The molecule has 4 rings (SSSR count). The Kier molecular flexibility index (Phi) is 3.16. The second kappa shape index (κ2) is 5.23. The Hall–Kier alpha value is -3.09. The van der Waals surface area contributed by atoms with Gasteiger partial charge in [-0.1, -0.05) is 19.9 Å². The number of azo groups is 1. The van der Waals surface area contributed by atoms with Crippen molar-refractivity contribution >= 4 is 33.7 Å². The van der Waals surface area contributed by atoms with Crippen molar-refractivity contribution in [2.45, 2.75) is 19.8 Å². The number of nitrogens with two attached hydrogens (primary N) is 1. The third kappa shape index (κ3) is 2.17. The summed E-state index contributed by atoms with van der Waals surface area (Å²) < 4.78 is 5.78. The van der Waals surface area contributed by atoms with Gasteiger partial charge in [-0.3, -0.25) is 4.79 Å². The van der Waals surface area contributed by atoms with Crippen molar-refractivity contribution in [2.24, 2.45) is 15.2 Å².